The Bertz CT molecular complexity index is 384. The fourth-order valence-electron chi connectivity index (χ4n) is 1.60. The Balaban J connectivity index is 4.66. The molecule has 2 atom stereocenters. The van der Waals surface area contributed by atoms with Gasteiger partial charge in [-0.2, -0.15) is 8.42 Å². The minimum absolute atomic E-state index is 0.0683. The molecule has 0 saturated heterocycles. The van der Waals surface area contributed by atoms with Crippen LogP contribution in [0.4, 0.5) is 0 Å². The predicted octanol–water partition coefficient (Wildman–Crippen LogP) is 3.79. The second-order valence-electron chi connectivity index (χ2n) is 7.18. The lowest BCUT2D eigenvalue weighted by atomic mass is 10.0. The van der Waals surface area contributed by atoms with Crippen LogP contribution in [0.15, 0.2) is 0 Å². The number of rotatable bonds is 8. The summed E-state index contributed by atoms with van der Waals surface area (Å²) in [6.07, 6.45) is 2.44. The lowest BCUT2D eigenvalue weighted by molar-refractivity contribution is 0.0989. The van der Waals surface area contributed by atoms with E-state index in [4.69, 9.17) is 8.61 Å². The molecule has 0 aromatic rings. The van der Waals surface area contributed by atoms with Gasteiger partial charge in [0.1, 0.15) is 0 Å². The van der Waals surface area contributed by atoms with Crippen LogP contribution in [-0.2, 0) is 18.7 Å². The summed E-state index contributed by atoms with van der Waals surface area (Å²) in [6.45, 7) is 15.6. The van der Waals surface area contributed by atoms with Gasteiger partial charge in [-0.15, -0.1) is 0 Å². The van der Waals surface area contributed by atoms with Gasteiger partial charge in [0.2, 0.25) is 0 Å². The molecule has 0 bridgehead atoms. The highest BCUT2D eigenvalue weighted by molar-refractivity contribution is 7.86. The lowest BCUT2D eigenvalue weighted by Crippen LogP contribution is -2.43. The molecular weight excluding hydrogens is 292 g/mol. The average Bonchev–Trinajstić information content (AvgIpc) is 2.22. The fourth-order valence-corrected chi connectivity index (χ4v) is 3.45. The van der Waals surface area contributed by atoms with Gasteiger partial charge in [0.05, 0.1) is 12.4 Å². The van der Waals surface area contributed by atoms with E-state index in [0.29, 0.717) is 6.61 Å². The minimum atomic E-state index is -3.42. The van der Waals surface area contributed by atoms with Crippen LogP contribution < -0.4 is 0 Å². The first kappa shape index (κ1) is 20.1. The van der Waals surface area contributed by atoms with E-state index in [1.54, 1.807) is 0 Å². The van der Waals surface area contributed by atoms with Crippen molar-refractivity contribution in [1.29, 1.82) is 0 Å². The summed E-state index contributed by atoms with van der Waals surface area (Å²) in [5.41, 5.74) is 0. The standard InChI is InChI=1S/C14H32O4SSi/c1-9-10-13(18-19(6,15)16)12(2)11-17-20(7,8)14(3,4)5/h12-13H,9-11H2,1-8H3/t12-,13-/m1/s1. The molecule has 0 aliphatic carbocycles. The molecular formula is C14H32O4SSi. The first-order chi connectivity index (χ1) is 8.80. The van der Waals surface area contributed by atoms with E-state index < -0.39 is 18.4 Å². The lowest BCUT2D eigenvalue weighted by Gasteiger charge is -2.37. The maximum atomic E-state index is 11.3. The van der Waals surface area contributed by atoms with Gasteiger partial charge in [0.15, 0.2) is 8.32 Å². The van der Waals surface area contributed by atoms with Crippen LogP contribution in [0.25, 0.3) is 0 Å². The maximum absolute atomic E-state index is 11.3. The first-order valence-electron chi connectivity index (χ1n) is 7.32. The summed E-state index contributed by atoms with van der Waals surface area (Å²) in [4.78, 5) is 0. The molecule has 0 N–H and O–H groups in total. The van der Waals surface area contributed by atoms with Gasteiger partial charge in [-0.3, -0.25) is 4.18 Å². The Morgan fingerprint density at radius 2 is 1.70 bits per heavy atom. The van der Waals surface area contributed by atoms with Crippen LogP contribution in [-0.4, -0.2) is 35.7 Å². The summed E-state index contributed by atoms with van der Waals surface area (Å²) in [7, 11) is -5.22. The van der Waals surface area contributed by atoms with Crippen molar-refractivity contribution in [2.45, 2.75) is 71.7 Å². The molecule has 122 valence electrons. The van der Waals surface area contributed by atoms with E-state index in [2.05, 4.69) is 33.9 Å². The minimum Gasteiger partial charge on any atom is -0.416 e. The van der Waals surface area contributed by atoms with Crippen LogP contribution in [0.2, 0.25) is 18.1 Å². The van der Waals surface area contributed by atoms with Crippen LogP contribution >= 0.6 is 0 Å². The second-order valence-corrected chi connectivity index (χ2v) is 13.6. The zero-order valence-corrected chi connectivity index (χ0v) is 16.1. The predicted molar refractivity (Wildman–Crippen MR) is 86.9 cm³/mol. The van der Waals surface area contributed by atoms with E-state index in [1.807, 2.05) is 13.8 Å². The fraction of sp³-hybridized carbons (Fsp3) is 1.00. The van der Waals surface area contributed by atoms with Gasteiger partial charge < -0.3 is 4.43 Å². The molecule has 4 nitrogen and oxygen atoms in total. The summed E-state index contributed by atoms with van der Waals surface area (Å²) in [6, 6.07) is 0. The molecule has 0 saturated carbocycles. The zero-order chi connectivity index (χ0) is 16.2. The molecule has 0 heterocycles. The van der Waals surface area contributed by atoms with Gasteiger partial charge >= 0.3 is 0 Å². The average molecular weight is 325 g/mol. The van der Waals surface area contributed by atoms with Gasteiger partial charge in [0, 0.05) is 12.5 Å². The van der Waals surface area contributed by atoms with E-state index in [0.717, 1.165) is 19.1 Å². The van der Waals surface area contributed by atoms with Crippen molar-refractivity contribution in [2.24, 2.45) is 5.92 Å². The van der Waals surface area contributed by atoms with Gasteiger partial charge in [0.25, 0.3) is 10.1 Å². The summed E-state index contributed by atoms with van der Waals surface area (Å²) >= 11 is 0. The molecule has 0 radical (unpaired) electrons. The van der Waals surface area contributed by atoms with Gasteiger partial charge in [-0.05, 0) is 24.6 Å². The topological polar surface area (TPSA) is 52.6 Å². The molecule has 0 aromatic heterocycles. The van der Waals surface area contributed by atoms with Gasteiger partial charge in [-0.25, -0.2) is 0 Å². The molecule has 0 aromatic carbocycles. The third-order valence-electron chi connectivity index (χ3n) is 4.02. The Labute approximate surface area is 126 Å². The van der Waals surface area contributed by atoms with Crippen molar-refractivity contribution in [1.82, 2.24) is 0 Å². The molecule has 0 fully saturated rings. The highest BCUT2D eigenvalue weighted by Crippen LogP contribution is 2.37. The number of hydrogen-bond donors (Lipinski definition) is 0. The quantitative estimate of drug-likeness (QED) is 0.503. The monoisotopic (exact) mass is 324 g/mol. The van der Waals surface area contributed by atoms with E-state index in [1.165, 1.54) is 0 Å². The molecule has 0 aliphatic heterocycles. The SMILES string of the molecule is CCC[C@@H](OS(C)(=O)=O)[C@H](C)CO[Si](C)(C)C(C)(C)C. The first-order valence-corrected chi connectivity index (χ1v) is 12.0. The smallest absolute Gasteiger partial charge is 0.264 e. The summed E-state index contributed by atoms with van der Waals surface area (Å²) in [5, 5.41) is 0.157. The molecule has 0 spiro atoms. The van der Waals surface area contributed by atoms with Crippen molar-refractivity contribution in [3.63, 3.8) is 0 Å². The summed E-state index contributed by atoms with van der Waals surface area (Å²) < 4.78 is 34.0. The molecule has 0 aliphatic rings. The van der Waals surface area contributed by atoms with Crippen LogP contribution in [0.3, 0.4) is 0 Å². The third kappa shape index (κ3) is 7.20. The largest absolute Gasteiger partial charge is 0.416 e. The third-order valence-corrected chi connectivity index (χ3v) is 9.12. The van der Waals surface area contributed by atoms with Gasteiger partial charge in [-0.1, -0.05) is 41.0 Å². The maximum Gasteiger partial charge on any atom is 0.264 e. The van der Waals surface area contributed by atoms with Crippen LogP contribution in [0.1, 0.15) is 47.5 Å². The van der Waals surface area contributed by atoms with Crippen LogP contribution in [0.5, 0.6) is 0 Å². The van der Waals surface area contributed by atoms with Crippen molar-refractivity contribution >= 4 is 18.4 Å². The van der Waals surface area contributed by atoms with E-state index >= 15 is 0 Å². The van der Waals surface area contributed by atoms with E-state index in [9.17, 15) is 8.42 Å². The van der Waals surface area contributed by atoms with Crippen LogP contribution in [0, 0.1) is 5.92 Å². The highest BCUT2D eigenvalue weighted by atomic mass is 32.2. The molecule has 6 heteroatoms. The van der Waals surface area contributed by atoms with E-state index in [-0.39, 0.29) is 17.1 Å². The zero-order valence-electron chi connectivity index (χ0n) is 14.3. The highest BCUT2D eigenvalue weighted by Gasteiger charge is 2.38. The van der Waals surface area contributed by atoms with Crippen molar-refractivity contribution in [3.8, 4) is 0 Å². The Morgan fingerprint density at radius 1 is 1.20 bits per heavy atom. The van der Waals surface area contributed by atoms with Crippen molar-refractivity contribution in [3.05, 3.63) is 0 Å². The molecule has 0 amide bonds. The molecule has 20 heavy (non-hydrogen) atoms. The van der Waals surface area contributed by atoms with Crippen molar-refractivity contribution in [2.75, 3.05) is 12.9 Å². The Kier molecular flexibility index (Phi) is 7.41. The molecule has 0 unspecified atom stereocenters. The normalized spacial score (nSPS) is 17.0. The Morgan fingerprint density at radius 3 is 2.05 bits per heavy atom. The summed E-state index contributed by atoms with van der Waals surface area (Å²) in [5.74, 6) is 0.0683. The molecule has 0 rings (SSSR count). The Hall–Kier alpha value is 0.0869. The van der Waals surface area contributed by atoms with Crippen molar-refractivity contribution < 1.29 is 17.0 Å². The number of hydrogen-bond acceptors (Lipinski definition) is 4. The second kappa shape index (κ2) is 7.38.